The van der Waals surface area contributed by atoms with Gasteiger partial charge in [-0.25, -0.2) is 9.78 Å². The zero-order valence-corrected chi connectivity index (χ0v) is 19.2. The molecule has 4 atom stereocenters. The molecule has 1 aromatic heterocycles. The number of anilines is 1. The van der Waals surface area contributed by atoms with Gasteiger partial charge in [-0.1, -0.05) is 5.16 Å². The number of nitrogens with zero attached hydrogens (tertiary/aromatic N) is 3. The van der Waals surface area contributed by atoms with Crippen molar-refractivity contribution in [2.45, 2.75) is 23.6 Å². The maximum Gasteiger partial charge on any atom is 0.370 e. The van der Waals surface area contributed by atoms with Crippen LogP contribution in [0.4, 0.5) is 5.13 Å². The highest BCUT2D eigenvalue weighted by Crippen LogP contribution is 2.51. The minimum absolute atomic E-state index is 0.0796. The van der Waals surface area contributed by atoms with Crippen LogP contribution >= 0.6 is 34.7 Å². The van der Waals surface area contributed by atoms with E-state index in [-0.39, 0.29) is 34.6 Å². The molecule has 3 saturated heterocycles. The molecule has 0 aliphatic carbocycles. The molecule has 0 radical (unpaired) electrons. The molecule has 0 spiro atoms. The van der Waals surface area contributed by atoms with E-state index in [4.69, 9.17) is 21.2 Å². The highest BCUT2D eigenvalue weighted by atomic mass is 35.5. The Hall–Kier alpha value is -2.91. The zero-order valence-electron chi connectivity index (χ0n) is 16.8. The predicted octanol–water partition coefficient (Wildman–Crippen LogP) is -0.585. The van der Waals surface area contributed by atoms with E-state index in [1.54, 1.807) is 0 Å². The van der Waals surface area contributed by atoms with Gasteiger partial charge in [-0.2, -0.15) is 0 Å². The van der Waals surface area contributed by atoms with Crippen LogP contribution in [0.3, 0.4) is 0 Å². The van der Waals surface area contributed by atoms with Crippen molar-refractivity contribution in [3.05, 3.63) is 11.1 Å². The van der Waals surface area contributed by atoms with E-state index < -0.39 is 52.7 Å². The lowest BCUT2D eigenvalue weighted by atomic mass is 9.89. The molecular formula is C17H16ClN5O8S2. The first kappa shape index (κ1) is 23.3. The summed E-state index contributed by atoms with van der Waals surface area (Å²) >= 11 is 7.72. The summed E-state index contributed by atoms with van der Waals surface area (Å²) in [4.78, 5) is 70.8. The van der Waals surface area contributed by atoms with E-state index in [0.29, 0.717) is 0 Å². The van der Waals surface area contributed by atoms with Gasteiger partial charge in [-0.3, -0.25) is 24.1 Å². The van der Waals surface area contributed by atoms with Crippen LogP contribution in [-0.2, 0) is 33.5 Å². The third-order valence-electron chi connectivity index (χ3n) is 5.21. The number of ether oxygens (including phenoxy) is 1. The number of carbonyl (C=O) groups excluding carboxylic acids is 4. The average Bonchev–Trinajstić information content (AvgIpc) is 3.37. The van der Waals surface area contributed by atoms with Crippen LogP contribution < -0.4 is 10.6 Å². The van der Waals surface area contributed by atoms with Crippen molar-refractivity contribution in [2.75, 3.05) is 24.1 Å². The van der Waals surface area contributed by atoms with E-state index in [0.717, 1.165) is 16.2 Å². The summed E-state index contributed by atoms with van der Waals surface area (Å²) in [6.07, 6.45) is -0.107. The van der Waals surface area contributed by atoms with Crippen LogP contribution in [0.25, 0.3) is 0 Å². The van der Waals surface area contributed by atoms with Gasteiger partial charge in [0.15, 0.2) is 10.8 Å². The number of nitrogens with one attached hydrogen (secondary N) is 2. The standard InChI is InChI=1S/C17H16ClN5O8S2/c1-30-22-10(7-5-33-16(19-7)20-8(24)3-18)12(26)21-11-13(27)23-14(11)32-4-6-2-9(25)31-17(6,23)15(28)29/h5-6,11,14H,2-4H2,1H3,(H,21,26)(H,28,29)(H,19,20,24)/b22-10-/t6-,11+,14+,17+/m0/s1. The first-order valence-corrected chi connectivity index (χ1v) is 11.8. The molecule has 3 N–H and O–H groups in total. The van der Waals surface area contributed by atoms with E-state index in [2.05, 4.69) is 20.8 Å². The minimum Gasteiger partial charge on any atom is -0.477 e. The summed E-state index contributed by atoms with van der Waals surface area (Å²) in [5, 5.41) is 19.3. The molecule has 13 nitrogen and oxygen atoms in total. The second kappa shape index (κ2) is 8.79. The number of oxime groups is 1. The maximum absolute atomic E-state index is 12.9. The van der Waals surface area contributed by atoms with Crippen molar-refractivity contribution in [1.29, 1.82) is 0 Å². The molecule has 1 aromatic rings. The topological polar surface area (TPSA) is 177 Å². The van der Waals surface area contributed by atoms with Crippen LogP contribution in [0.5, 0.6) is 0 Å². The molecule has 0 unspecified atom stereocenters. The number of fused-ring (bicyclic) bond motifs is 3. The molecule has 0 saturated carbocycles. The van der Waals surface area contributed by atoms with Crippen LogP contribution in [0.1, 0.15) is 12.1 Å². The molecule has 176 valence electrons. The van der Waals surface area contributed by atoms with Crippen molar-refractivity contribution in [3.63, 3.8) is 0 Å². The molecule has 33 heavy (non-hydrogen) atoms. The number of thioether (sulfide) groups is 1. The third-order valence-corrected chi connectivity index (χ3v) is 7.63. The van der Waals surface area contributed by atoms with E-state index >= 15 is 0 Å². The number of carboxylic acids is 1. The number of carbonyl (C=O) groups is 5. The Morgan fingerprint density at radius 2 is 2.21 bits per heavy atom. The first-order chi connectivity index (χ1) is 15.7. The monoisotopic (exact) mass is 517 g/mol. The van der Waals surface area contributed by atoms with Crippen LogP contribution in [0.15, 0.2) is 10.5 Å². The number of aromatic nitrogens is 1. The summed E-state index contributed by atoms with van der Waals surface area (Å²) < 4.78 is 5.12. The van der Waals surface area contributed by atoms with E-state index in [9.17, 15) is 29.1 Å². The number of hydrogen-bond donors (Lipinski definition) is 3. The summed E-state index contributed by atoms with van der Waals surface area (Å²) in [6, 6.07) is -1.07. The number of esters is 1. The lowest BCUT2D eigenvalue weighted by Crippen LogP contribution is -2.80. The van der Waals surface area contributed by atoms with Gasteiger partial charge < -0.3 is 25.3 Å². The maximum atomic E-state index is 12.9. The van der Waals surface area contributed by atoms with E-state index in [1.807, 2.05) is 0 Å². The van der Waals surface area contributed by atoms with Crippen LogP contribution in [0.2, 0.25) is 0 Å². The van der Waals surface area contributed by atoms with Crippen molar-refractivity contribution < 1.29 is 38.7 Å². The largest absolute Gasteiger partial charge is 0.477 e. The van der Waals surface area contributed by atoms with Gasteiger partial charge in [-0.05, 0) is 0 Å². The number of β-lactam (4-membered cyclic amide) rings is 1. The molecule has 3 aliphatic rings. The fourth-order valence-corrected chi connectivity index (χ4v) is 6.15. The summed E-state index contributed by atoms with van der Waals surface area (Å²) in [5.74, 6) is -4.82. The molecule has 3 fully saturated rings. The van der Waals surface area contributed by atoms with Gasteiger partial charge in [0.2, 0.25) is 5.91 Å². The molecule has 16 heteroatoms. The van der Waals surface area contributed by atoms with Crippen molar-refractivity contribution in [1.82, 2.24) is 15.2 Å². The Bertz CT molecular complexity index is 1080. The van der Waals surface area contributed by atoms with Gasteiger partial charge in [0.05, 0.1) is 6.42 Å². The smallest absolute Gasteiger partial charge is 0.370 e. The van der Waals surface area contributed by atoms with Gasteiger partial charge in [0.25, 0.3) is 17.5 Å². The number of hydrogen-bond acceptors (Lipinski definition) is 11. The Kier molecular flexibility index (Phi) is 6.20. The molecule has 4 rings (SSSR count). The quantitative estimate of drug-likeness (QED) is 0.139. The molecular weight excluding hydrogens is 502 g/mol. The van der Waals surface area contributed by atoms with E-state index in [1.165, 1.54) is 24.3 Å². The Morgan fingerprint density at radius 1 is 1.45 bits per heavy atom. The lowest BCUT2D eigenvalue weighted by molar-refractivity contribution is -0.215. The number of alkyl halides is 1. The number of carboxylic acid groups (broad SMARTS) is 1. The number of rotatable bonds is 7. The third kappa shape index (κ3) is 3.79. The Labute approximate surface area is 198 Å². The highest BCUT2D eigenvalue weighted by molar-refractivity contribution is 8.00. The zero-order chi connectivity index (χ0) is 23.9. The first-order valence-electron chi connectivity index (χ1n) is 9.36. The second-order valence-corrected chi connectivity index (χ2v) is 9.38. The van der Waals surface area contributed by atoms with Crippen LogP contribution in [0, 0.1) is 5.92 Å². The molecule has 0 aromatic carbocycles. The van der Waals surface area contributed by atoms with Crippen molar-refractivity contribution >= 4 is 75.2 Å². The van der Waals surface area contributed by atoms with Gasteiger partial charge in [-0.15, -0.1) is 34.7 Å². The fourth-order valence-electron chi connectivity index (χ4n) is 3.81. The number of thiazole rings is 1. The predicted molar refractivity (Wildman–Crippen MR) is 115 cm³/mol. The average molecular weight is 518 g/mol. The fraction of sp³-hybridized carbons (Fsp3) is 0.471. The number of aliphatic carboxylic acids is 1. The van der Waals surface area contributed by atoms with Gasteiger partial charge >= 0.3 is 11.9 Å². The Balaban J connectivity index is 1.51. The molecule has 4 heterocycles. The minimum atomic E-state index is -2.07. The molecule has 0 bridgehead atoms. The normalized spacial score (nSPS) is 28.2. The van der Waals surface area contributed by atoms with Crippen molar-refractivity contribution in [2.24, 2.45) is 11.1 Å². The Morgan fingerprint density at radius 3 is 2.88 bits per heavy atom. The number of halogens is 1. The summed E-state index contributed by atoms with van der Waals surface area (Å²) in [7, 11) is 1.22. The van der Waals surface area contributed by atoms with Crippen molar-refractivity contribution in [3.8, 4) is 0 Å². The lowest BCUT2D eigenvalue weighted by Gasteiger charge is -2.56. The van der Waals surface area contributed by atoms with Gasteiger partial charge in [0, 0.05) is 17.1 Å². The second-order valence-electron chi connectivity index (χ2n) is 7.10. The SMILES string of the molecule is CO/N=C(\C(=O)N[C@@H]1C(=O)N2[C@@H]1SC[C@@H]1CC(=O)O[C@@]12C(=O)O)c1csc(NC(=O)CCl)n1. The summed E-state index contributed by atoms with van der Waals surface area (Å²) in [5.41, 5.74) is -2.25. The van der Waals surface area contributed by atoms with Gasteiger partial charge in [0.1, 0.15) is 30.1 Å². The summed E-state index contributed by atoms with van der Waals surface area (Å²) in [6.45, 7) is 0. The van der Waals surface area contributed by atoms with Crippen LogP contribution in [-0.4, -0.2) is 86.2 Å². The highest BCUT2D eigenvalue weighted by Gasteiger charge is 2.71. The molecule has 3 aliphatic heterocycles. The molecule has 3 amide bonds. The number of amides is 3.